The summed E-state index contributed by atoms with van der Waals surface area (Å²) >= 11 is 6.09. The van der Waals surface area contributed by atoms with Crippen LogP contribution in [-0.2, 0) is 0 Å². The number of fused-ring (bicyclic) bond motifs is 1. The summed E-state index contributed by atoms with van der Waals surface area (Å²) in [5, 5.41) is 5.09. The van der Waals surface area contributed by atoms with Crippen LogP contribution >= 0.6 is 11.6 Å². The molecule has 18 heavy (non-hydrogen) atoms. The van der Waals surface area contributed by atoms with Gasteiger partial charge in [0.05, 0.1) is 18.3 Å². The van der Waals surface area contributed by atoms with Crippen molar-refractivity contribution in [3.63, 3.8) is 0 Å². The number of aromatic nitrogens is 2. The van der Waals surface area contributed by atoms with Gasteiger partial charge in [-0.15, -0.1) is 0 Å². The van der Waals surface area contributed by atoms with E-state index < -0.39 is 0 Å². The summed E-state index contributed by atoms with van der Waals surface area (Å²) in [5.74, 6) is 0.815. The molecule has 90 valence electrons. The number of hydrogen-bond donors (Lipinski definition) is 0. The fraction of sp³-hybridized carbons (Fsp3) is 0.0714. The van der Waals surface area contributed by atoms with Gasteiger partial charge in [0.2, 0.25) is 0 Å². The SMILES string of the molecule is COc1cccc(-c2cc3cccc(Cl)n3n2)c1. The summed E-state index contributed by atoms with van der Waals surface area (Å²) in [6, 6.07) is 15.5. The second kappa shape index (κ2) is 4.35. The van der Waals surface area contributed by atoms with Gasteiger partial charge in [-0.1, -0.05) is 29.8 Å². The molecular weight excluding hydrogens is 248 g/mol. The smallest absolute Gasteiger partial charge is 0.131 e. The van der Waals surface area contributed by atoms with Crippen molar-refractivity contribution < 1.29 is 4.74 Å². The van der Waals surface area contributed by atoms with Crippen molar-refractivity contribution in [1.82, 2.24) is 9.61 Å². The predicted molar refractivity (Wildman–Crippen MR) is 72.2 cm³/mol. The predicted octanol–water partition coefficient (Wildman–Crippen LogP) is 3.66. The van der Waals surface area contributed by atoms with Crippen molar-refractivity contribution in [2.75, 3.05) is 7.11 Å². The molecule has 3 rings (SSSR count). The summed E-state index contributed by atoms with van der Waals surface area (Å²) in [6.45, 7) is 0. The van der Waals surface area contributed by atoms with Gasteiger partial charge in [0.25, 0.3) is 0 Å². The number of hydrogen-bond acceptors (Lipinski definition) is 2. The van der Waals surface area contributed by atoms with Crippen LogP contribution < -0.4 is 4.74 Å². The Labute approximate surface area is 110 Å². The zero-order valence-electron chi connectivity index (χ0n) is 9.80. The zero-order chi connectivity index (χ0) is 12.5. The van der Waals surface area contributed by atoms with Gasteiger partial charge >= 0.3 is 0 Å². The first-order valence-corrected chi connectivity index (χ1v) is 5.94. The highest BCUT2D eigenvalue weighted by Gasteiger charge is 2.06. The first-order chi connectivity index (χ1) is 8.78. The molecule has 2 aromatic heterocycles. The van der Waals surface area contributed by atoms with E-state index in [-0.39, 0.29) is 0 Å². The number of benzene rings is 1. The Hall–Kier alpha value is -2.00. The lowest BCUT2D eigenvalue weighted by molar-refractivity contribution is 0.415. The third-order valence-corrected chi connectivity index (χ3v) is 3.09. The summed E-state index contributed by atoms with van der Waals surface area (Å²) in [5.41, 5.74) is 2.86. The van der Waals surface area contributed by atoms with E-state index in [1.165, 1.54) is 0 Å². The molecule has 0 saturated carbocycles. The molecule has 2 heterocycles. The van der Waals surface area contributed by atoms with Gasteiger partial charge in [-0.05, 0) is 30.3 Å². The van der Waals surface area contributed by atoms with Gasteiger partial charge in [-0.25, -0.2) is 4.52 Å². The van der Waals surface area contributed by atoms with E-state index in [0.29, 0.717) is 5.15 Å². The van der Waals surface area contributed by atoms with E-state index in [1.54, 1.807) is 11.6 Å². The molecule has 3 aromatic rings. The van der Waals surface area contributed by atoms with Gasteiger partial charge in [-0.2, -0.15) is 5.10 Å². The zero-order valence-corrected chi connectivity index (χ0v) is 10.6. The topological polar surface area (TPSA) is 26.5 Å². The van der Waals surface area contributed by atoms with Crippen LogP contribution in [0, 0.1) is 0 Å². The van der Waals surface area contributed by atoms with Crippen molar-refractivity contribution >= 4 is 17.1 Å². The van der Waals surface area contributed by atoms with Crippen molar-refractivity contribution in [2.24, 2.45) is 0 Å². The van der Waals surface area contributed by atoms with E-state index in [9.17, 15) is 0 Å². The van der Waals surface area contributed by atoms with E-state index in [4.69, 9.17) is 16.3 Å². The molecule has 0 bridgehead atoms. The van der Waals surface area contributed by atoms with Crippen LogP contribution in [-0.4, -0.2) is 16.7 Å². The summed E-state index contributed by atoms with van der Waals surface area (Å²) in [4.78, 5) is 0. The summed E-state index contributed by atoms with van der Waals surface area (Å²) in [6.07, 6.45) is 0. The number of rotatable bonds is 2. The van der Waals surface area contributed by atoms with Gasteiger partial charge in [-0.3, -0.25) is 0 Å². The van der Waals surface area contributed by atoms with Crippen LogP contribution in [0.4, 0.5) is 0 Å². The molecule has 0 aliphatic rings. The van der Waals surface area contributed by atoms with Gasteiger partial charge in [0, 0.05) is 5.56 Å². The Kier molecular flexibility index (Phi) is 2.68. The molecule has 0 N–H and O–H groups in total. The number of halogens is 1. The van der Waals surface area contributed by atoms with E-state index in [0.717, 1.165) is 22.5 Å². The lowest BCUT2D eigenvalue weighted by atomic mass is 10.1. The molecule has 3 nitrogen and oxygen atoms in total. The monoisotopic (exact) mass is 258 g/mol. The highest BCUT2D eigenvalue weighted by molar-refractivity contribution is 6.29. The Bertz CT molecular complexity index is 706. The molecular formula is C14H11ClN2O. The average molecular weight is 259 g/mol. The highest BCUT2D eigenvalue weighted by atomic mass is 35.5. The molecule has 1 aromatic carbocycles. The summed E-state index contributed by atoms with van der Waals surface area (Å²) in [7, 11) is 1.65. The van der Waals surface area contributed by atoms with Crippen LogP contribution in [0.3, 0.4) is 0 Å². The van der Waals surface area contributed by atoms with Gasteiger partial charge in [0.15, 0.2) is 0 Å². The minimum atomic E-state index is 0.599. The van der Waals surface area contributed by atoms with E-state index in [1.807, 2.05) is 48.5 Å². The van der Waals surface area contributed by atoms with E-state index in [2.05, 4.69) is 5.10 Å². The van der Waals surface area contributed by atoms with Crippen LogP contribution in [0.1, 0.15) is 0 Å². The second-order valence-electron chi connectivity index (χ2n) is 3.95. The van der Waals surface area contributed by atoms with E-state index >= 15 is 0 Å². The minimum Gasteiger partial charge on any atom is -0.497 e. The molecule has 4 heteroatoms. The highest BCUT2D eigenvalue weighted by Crippen LogP contribution is 2.25. The lowest BCUT2D eigenvalue weighted by Crippen LogP contribution is -1.88. The number of pyridine rings is 1. The third-order valence-electron chi connectivity index (χ3n) is 2.81. The molecule has 0 spiro atoms. The van der Waals surface area contributed by atoms with Gasteiger partial charge < -0.3 is 4.74 Å². The molecule has 0 amide bonds. The average Bonchev–Trinajstić information content (AvgIpc) is 2.84. The van der Waals surface area contributed by atoms with Crippen molar-refractivity contribution in [3.05, 3.63) is 53.7 Å². The number of ether oxygens (including phenoxy) is 1. The largest absolute Gasteiger partial charge is 0.497 e. The molecule has 0 aliphatic heterocycles. The van der Waals surface area contributed by atoms with Crippen LogP contribution in [0.5, 0.6) is 5.75 Å². The Balaban J connectivity index is 2.16. The molecule has 0 atom stereocenters. The van der Waals surface area contributed by atoms with Crippen LogP contribution in [0.15, 0.2) is 48.5 Å². The van der Waals surface area contributed by atoms with Gasteiger partial charge in [0.1, 0.15) is 10.9 Å². The number of methoxy groups -OCH3 is 1. The lowest BCUT2D eigenvalue weighted by Gasteiger charge is -2.01. The van der Waals surface area contributed by atoms with Crippen molar-refractivity contribution in [1.29, 1.82) is 0 Å². The standard InChI is InChI=1S/C14H11ClN2O/c1-18-12-6-2-4-10(8-12)13-9-11-5-3-7-14(15)17(11)16-13/h2-9H,1H3. The fourth-order valence-electron chi connectivity index (χ4n) is 1.91. The quantitative estimate of drug-likeness (QED) is 0.656. The molecule has 0 unspecified atom stereocenters. The Morgan fingerprint density at radius 1 is 1.11 bits per heavy atom. The summed E-state index contributed by atoms with van der Waals surface area (Å²) < 4.78 is 6.93. The Morgan fingerprint density at radius 3 is 2.72 bits per heavy atom. The molecule has 0 saturated heterocycles. The van der Waals surface area contributed by atoms with Crippen LogP contribution in [0.2, 0.25) is 5.15 Å². The maximum atomic E-state index is 6.09. The molecule has 0 radical (unpaired) electrons. The minimum absolute atomic E-state index is 0.599. The first-order valence-electron chi connectivity index (χ1n) is 5.56. The number of nitrogens with zero attached hydrogens (tertiary/aromatic N) is 2. The van der Waals surface area contributed by atoms with Crippen molar-refractivity contribution in [3.8, 4) is 17.0 Å². The Morgan fingerprint density at radius 2 is 1.94 bits per heavy atom. The normalized spacial score (nSPS) is 10.8. The molecule has 0 aliphatic carbocycles. The first kappa shape index (κ1) is 11.1. The maximum Gasteiger partial charge on any atom is 0.131 e. The fourth-order valence-corrected chi connectivity index (χ4v) is 2.11. The molecule has 0 fully saturated rings. The van der Waals surface area contributed by atoms with Crippen LogP contribution in [0.25, 0.3) is 16.8 Å². The third kappa shape index (κ3) is 1.83. The maximum absolute atomic E-state index is 6.09. The van der Waals surface area contributed by atoms with Crippen molar-refractivity contribution in [2.45, 2.75) is 0 Å². The second-order valence-corrected chi connectivity index (χ2v) is 4.33.